The van der Waals surface area contributed by atoms with Crippen molar-refractivity contribution in [2.75, 3.05) is 24.3 Å². The van der Waals surface area contributed by atoms with Crippen molar-refractivity contribution in [2.45, 2.75) is 13.3 Å². The van der Waals surface area contributed by atoms with Gasteiger partial charge in [-0.05, 0) is 37.1 Å². The van der Waals surface area contributed by atoms with Gasteiger partial charge >= 0.3 is 0 Å². The lowest BCUT2D eigenvalue weighted by atomic mass is 10.1. The third kappa shape index (κ3) is 4.86. The summed E-state index contributed by atoms with van der Waals surface area (Å²) >= 11 is 6.08. The Morgan fingerprint density at radius 1 is 1.04 bits per heavy atom. The molecular formula is C20H21ClN4O. The molecule has 0 aliphatic heterocycles. The number of anilines is 3. The van der Waals surface area contributed by atoms with E-state index in [2.05, 4.69) is 32.7 Å². The molecule has 0 saturated heterocycles. The number of aryl methyl sites for hydroxylation is 1. The Morgan fingerprint density at radius 2 is 1.85 bits per heavy atom. The van der Waals surface area contributed by atoms with Gasteiger partial charge in [0, 0.05) is 23.3 Å². The average molecular weight is 369 g/mol. The molecule has 3 aromatic rings. The molecule has 0 aliphatic carbocycles. The molecule has 2 aromatic carbocycles. The highest BCUT2D eigenvalue weighted by molar-refractivity contribution is 6.31. The minimum atomic E-state index is 0.493. The van der Waals surface area contributed by atoms with Crippen LogP contribution in [0.2, 0.25) is 5.02 Å². The fourth-order valence-electron chi connectivity index (χ4n) is 2.59. The Kier molecular flexibility index (Phi) is 5.92. The molecule has 5 nitrogen and oxygen atoms in total. The monoisotopic (exact) mass is 368 g/mol. The van der Waals surface area contributed by atoms with Crippen LogP contribution in [0.1, 0.15) is 11.3 Å². The molecule has 0 aliphatic rings. The molecule has 0 amide bonds. The second-order valence-corrected chi connectivity index (χ2v) is 6.29. The topological polar surface area (TPSA) is 59.1 Å². The van der Waals surface area contributed by atoms with Crippen molar-refractivity contribution >= 4 is 29.1 Å². The number of nitrogens with one attached hydrogen (secondary N) is 2. The minimum absolute atomic E-state index is 0.493. The molecule has 1 heterocycles. The van der Waals surface area contributed by atoms with Crippen LogP contribution in [0.25, 0.3) is 0 Å². The SMILES string of the molecule is COc1ccc(Cl)cc1Nc1nc(C)cc(NCCc2ccccc2)n1. The van der Waals surface area contributed by atoms with E-state index in [0.29, 0.717) is 16.7 Å². The van der Waals surface area contributed by atoms with E-state index in [4.69, 9.17) is 16.3 Å². The van der Waals surface area contributed by atoms with Gasteiger partial charge in [0.15, 0.2) is 0 Å². The number of aromatic nitrogens is 2. The van der Waals surface area contributed by atoms with Crippen molar-refractivity contribution in [3.8, 4) is 5.75 Å². The minimum Gasteiger partial charge on any atom is -0.495 e. The second-order valence-electron chi connectivity index (χ2n) is 5.85. The molecule has 0 saturated carbocycles. The Morgan fingerprint density at radius 3 is 2.62 bits per heavy atom. The lowest BCUT2D eigenvalue weighted by Gasteiger charge is -2.12. The van der Waals surface area contributed by atoms with E-state index in [1.54, 1.807) is 25.3 Å². The summed E-state index contributed by atoms with van der Waals surface area (Å²) in [5.41, 5.74) is 2.87. The smallest absolute Gasteiger partial charge is 0.229 e. The third-order valence-electron chi connectivity index (χ3n) is 3.82. The Balaban J connectivity index is 1.70. The van der Waals surface area contributed by atoms with Crippen LogP contribution in [0.5, 0.6) is 5.75 Å². The number of nitrogens with zero attached hydrogens (tertiary/aromatic N) is 2. The maximum atomic E-state index is 6.08. The number of benzene rings is 2. The molecule has 0 unspecified atom stereocenters. The van der Waals surface area contributed by atoms with Crippen LogP contribution in [0, 0.1) is 6.92 Å². The van der Waals surface area contributed by atoms with Crippen molar-refractivity contribution in [3.63, 3.8) is 0 Å². The number of halogens is 1. The first-order chi connectivity index (χ1) is 12.6. The molecule has 0 bridgehead atoms. The van der Waals surface area contributed by atoms with E-state index < -0.39 is 0 Å². The van der Waals surface area contributed by atoms with E-state index in [-0.39, 0.29) is 0 Å². The Labute approximate surface area is 158 Å². The molecule has 0 radical (unpaired) electrons. The molecular weight excluding hydrogens is 348 g/mol. The largest absolute Gasteiger partial charge is 0.495 e. The fourth-order valence-corrected chi connectivity index (χ4v) is 2.77. The summed E-state index contributed by atoms with van der Waals surface area (Å²) < 4.78 is 5.35. The van der Waals surface area contributed by atoms with E-state index in [9.17, 15) is 0 Å². The van der Waals surface area contributed by atoms with Gasteiger partial charge in [-0.15, -0.1) is 0 Å². The second kappa shape index (κ2) is 8.54. The van der Waals surface area contributed by atoms with Crippen LogP contribution >= 0.6 is 11.6 Å². The average Bonchev–Trinajstić information content (AvgIpc) is 2.62. The maximum Gasteiger partial charge on any atom is 0.229 e. The zero-order valence-electron chi connectivity index (χ0n) is 14.8. The first kappa shape index (κ1) is 18.0. The van der Waals surface area contributed by atoms with Gasteiger partial charge < -0.3 is 15.4 Å². The fraction of sp³-hybridized carbons (Fsp3) is 0.200. The molecule has 2 N–H and O–H groups in total. The van der Waals surface area contributed by atoms with Gasteiger partial charge in [-0.25, -0.2) is 4.98 Å². The van der Waals surface area contributed by atoms with E-state index in [0.717, 1.165) is 30.2 Å². The summed E-state index contributed by atoms with van der Waals surface area (Å²) in [4.78, 5) is 8.97. The van der Waals surface area contributed by atoms with Gasteiger partial charge in [0.2, 0.25) is 5.95 Å². The summed E-state index contributed by atoms with van der Waals surface area (Å²) in [5.74, 6) is 1.95. The van der Waals surface area contributed by atoms with Crippen LogP contribution in [0.4, 0.5) is 17.5 Å². The van der Waals surface area contributed by atoms with Gasteiger partial charge in [0.25, 0.3) is 0 Å². The summed E-state index contributed by atoms with van der Waals surface area (Å²) in [6, 6.07) is 17.6. The first-order valence-corrected chi connectivity index (χ1v) is 8.76. The first-order valence-electron chi connectivity index (χ1n) is 8.38. The highest BCUT2D eigenvalue weighted by atomic mass is 35.5. The highest BCUT2D eigenvalue weighted by Gasteiger charge is 2.08. The van der Waals surface area contributed by atoms with Crippen molar-refractivity contribution in [2.24, 2.45) is 0 Å². The maximum absolute atomic E-state index is 6.08. The number of methoxy groups -OCH3 is 1. The number of hydrogen-bond acceptors (Lipinski definition) is 5. The van der Waals surface area contributed by atoms with Gasteiger partial charge in [0.1, 0.15) is 11.6 Å². The summed E-state index contributed by atoms with van der Waals surface area (Å²) in [6.45, 7) is 2.73. The lowest BCUT2D eigenvalue weighted by Crippen LogP contribution is -2.09. The van der Waals surface area contributed by atoms with E-state index in [1.807, 2.05) is 31.2 Å². The van der Waals surface area contributed by atoms with E-state index in [1.165, 1.54) is 5.56 Å². The number of ether oxygens (including phenoxy) is 1. The number of hydrogen-bond donors (Lipinski definition) is 2. The normalized spacial score (nSPS) is 10.4. The molecule has 0 atom stereocenters. The van der Waals surface area contributed by atoms with Crippen molar-refractivity contribution in [3.05, 3.63) is 70.9 Å². The van der Waals surface area contributed by atoms with Crippen LogP contribution in [0.15, 0.2) is 54.6 Å². The van der Waals surface area contributed by atoms with Crippen LogP contribution in [-0.4, -0.2) is 23.6 Å². The molecule has 134 valence electrons. The predicted octanol–water partition coefficient (Wildman–Crippen LogP) is 4.85. The molecule has 6 heteroatoms. The summed E-state index contributed by atoms with van der Waals surface area (Å²) in [6.07, 6.45) is 0.925. The quantitative estimate of drug-likeness (QED) is 0.624. The van der Waals surface area contributed by atoms with Crippen LogP contribution in [-0.2, 0) is 6.42 Å². The van der Waals surface area contributed by atoms with Gasteiger partial charge in [-0.2, -0.15) is 4.98 Å². The van der Waals surface area contributed by atoms with Gasteiger partial charge in [-0.3, -0.25) is 0 Å². The van der Waals surface area contributed by atoms with Crippen molar-refractivity contribution in [1.29, 1.82) is 0 Å². The lowest BCUT2D eigenvalue weighted by molar-refractivity contribution is 0.417. The van der Waals surface area contributed by atoms with Crippen molar-refractivity contribution in [1.82, 2.24) is 9.97 Å². The third-order valence-corrected chi connectivity index (χ3v) is 4.06. The Hall–Kier alpha value is -2.79. The Bertz CT molecular complexity index is 871. The van der Waals surface area contributed by atoms with Crippen molar-refractivity contribution < 1.29 is 4.74 Å². The molecule has 0 spiro atoms. The summed E-state index contributed by atoms with van der Waals surface area (Å²) in [7, 11) is 1.61. The predicted molar refractivity (Wildman–Crippen MR) is 107 cm³/mol. The zero-order chi connectivity index (χ0) is 18.4. The van der Waals surface area contributed by atoms with Crippen LogP contribution < -0.4 is 15.4 Å². The molecule has 3 rings (SSSR count). The molecule has 0 fully saturated rings. The number of rotatable bonds is 7. The van der Waals surface area contributed by atoms with Crippen LogP contribution in [0.3, 0.4) is 0 Å². The standard InChI is InChI=1S/C20H21ClN4O/c1-14-12-19(22-11-10-15-6-4-3-5-7-15)25-20(23-14)24-17-13-16(21)8-9-18(17)26-2/h3-9,12-13H,10-11H2,1-2H3,(H2,22,23,24,25). The summed E-state index contributed by atoms with van der Waals surface area (Å²) in [5, 5.41) is 7.15. The molecule has 1 aromatic heterocycles. The zero-order valence-corrected chi connectivity index (χ0v) is 15.5. The molecule has 26 heavy (non-hydrogen) atoms. The van der Waals surface area contributed by atoms with Gasteiger partial charge in [0.05, 0.1) is 12.8 Å². The van der Waals surface area contributed by atoms with E-state index >= 15 is 0 Å². The van der Waals surface area contributed by atoms with Gasteiger partial charge in [-0.1, -0.05) is 41.9 Å². The highest BCUT2D eigenvalue weighted by Crippen LogP contribution is 2.29.